The SMILES string of the molecule is CC1(C)CC(=O)C2=C(C1)Nc1nc(SCc3ccccc3Cl)nn1C2c1cccc(OCc2ccc(Cl)cc2Cl)c1. The molecule has 2 heterocycles. The quantitative estimate of drug-likeness (QED) is 0.207. The number of nitrogens with one attached hydrogen (secondary N) is 1. The van der Waals surface area contributed by atoms with Gasteiger partial charge in [-0.1, -0.05) is 96.8 Å². The summed E-state index contributed by atoms with van der Waals surface area (Å²) < 4.78 is 7.94. The molecule has 1 aliphatic carbocycles. The first-order valence-electron chi connectivity index (χ1n) is 13.2. The van der Waals surface area contributed by atoms with Crippen molar-refractivity contribution in [1.82, 2.24) is 14.8 Å². The number of anilines is 1. The van der Waals surface area contributed by atoms with E-state index in [1.54, 1.807) is 12.1 Å². The van der Waals surface area contributed by atoms with Crippen molar-refractivity contribution >= 4 is 58.3 Å². The minimum Gasteiger partial charge on any atom is -0.489 e. The van der Waals surface area contributed by atoms with Crippen LogP contribution in [-0.2, 0) is 17.2 Å². The number of thioether (sulfide) groups is 1. The van der Waals surface area contributed by atoms with Crippen LogP contribution in [0.5, 0.6) is 5.75 Å². The Morgan fingerprint density at radius 2 is 1.83 bits per heavy atom. The van der Waals surface area contributed by atoms with E-state index in [4.69, 9.17) is 49.6 Å². The summed E-state index contributed by atoms with van der Waals surface area (Å²) in [6.45, 7) is 4.52. The predicted octanol–water partition coefficient (Wildman–Crippen LogP) is 8.77. The monoisotopic (exact) mass is 624 g/mol. The lowest BCUT2D eigenvalue weighted by Gasteiger charge is -2.38. The van der Waals surface area contributed by atoms with E-state index in [2.05, 4.69) is 19.2 Å². The van der Waals surface area contributed by atoms with Crippen LogP contribution in [-0.4, -0.2) is 20.5 Å². The lowest BCUT2D eigenvalue weighted by Crippen LogP contribution is -2.36. The number of hydrogen-bond acceptors (Lipinski definition) is 6. The van der Waals surface area contributed by atoms with E-state index in [1.165, 1.54) is 11.8 Å². The van der Waals surface area contributed by atoms with Gasteiger partial charge in [-0.05, 0) is 53.3 Å². The van der Waals surface area contributed by atoms with Crippen molar-refractivity contribution in [2.45, 2.75) is 50.2 Å². The first-order valence-corrected chi connectivity index (χ1v) is 15.3. The Morgan fingerprint density at radius 3 is 2.63 bits per heavy atom. The summed E-state index contributed by atoms with van der Waals surface area (Å²) in [6, 6.07) is 20.4. The Labute approximate surface area is 258 Å². The second-order valence-corrected chi connectivity index (χ2v) is 13.2. The topological polar surface area (TPSA) is 69.0 Å². The highest BCUT2D eigenvalue weighted by molar-refractivity contribution is 7.98. The van der Waals surface area contributed by atoms with Crippen LogP contribution < -0.4 is 10.1 Å². The number of Topliss-reactive ketones (excluding diaryl/α,β-unsaturated/α-hetero) is 1. The molecule has 0 radical (unpaired) electrons. The Morgan fingerprint density at radius 1 is 1.00 bits per heavy atom. The average Bonchev–Trinajstić information content (AvgIpc) is 3.33. The Bertz CT molecular complexity index is 1680. The molecule has 1 N–H and O–H groups in total. The first kappa shape index (κ1) is 28.2. The zero-order chi connectivity index (χ0) is 28.7. The van der Waals surface area contributed by atoms with Gasteiger partial charge in [0.25, 0.3) is 0 Å². The van der Waals surface area contributed by atoms with E-state index in [9.17, 15) is 4.79 Å². The van der Waals surface area contributed by atoms with Crippen molar-refractivity contribution in [2.24, 2.45) is 5.41 Å². The second-order valence-electron chi connectivity index (χ2n) is 11.0. The van der Waals surface area contributed by atoms with Crippen molar-refractivity contribution in [2.75, 3.05) is 5.32 Å². The van der Waals surface area contributed by atoms with Crippen molar-refractivity contribution < 1.29 is 9.53 Å². The molecule has 1 atom stereocenters. The third kappa shape index (κ3) is 6.00. The third-order valence-corrected chi connectivity index (χ3v) is 9.05. The maximum atomic E-state index is 13.6. The minimum atomic E-state index is -0.435. The summed E-state index contributed by atoms with van der Waals surface area (Å²) in [6.07, 6.45) is 1.21. The number of benzene rings is 3. The van der Waals surface area contributed by atoms with Crippen LogP contribution in [0.15, 0.2) is 83.2 Å². The van der Waals surface area contributed by atoms with Gasteiger partial charge in [0, 0.05) is 44.1 Å². The molecule has 4 aromatic rings. The molecule has 0 fully saturated rings. The summed E-state index contributed by atoms with van der Waals surface area (Å²) >= 11 is 20.3. The number of carbonyl (C=O) groups excluding carboxylic acids is 1. The number of rotatable bonds is 7. The Balaban J connectivity index is 1.33. The standard InChI is InChI=1S/C31H27Cl3N4O2S/c1-31(2)14-25-27(26(39)15-31)28(18-7-5-8-22(12-18)40-16-19-10-11-21(32)13-24(19)34)38-29(35-25)36-30(37-38)41-17-20-6-3-4-9-23(20)33/h3-13,28H,14-17H2,1-2H3,(H,35,36,37). The third-order valence-electron chi connectivity index (χ3n) is 7.21. The molecule has 1 unspecified atom stereocenters. The van der Waals surface area contributed by atoms with Crippen LogP contribution in [0.25, 0.3) is 0 Å². The summed E-state index contributed by atoms with van der Waals surface area (Å²) in [4.78, 5) is 18.4. The number of carbonyl (C=O) groups is 1. The molecule has 6 nitrogen and oxygen atoms in total. The number of halogens is 3. The fraction of sp³-hybridized carbons (Fsp3) is 0.258. The van der Waals surface area contributed by atoms with Gasteiger partial charge in [-0.2, -0.15) is 4.98 Å². The van der Waals surface area contributed by atoms with Gasteiger partial charge < -0.3 is 10.1 Å². The fourth-order valence-electron chi connectivity index (χ4n) is 5.29. The van der Waals surface area contributed by atoms with Crippen LogP contribution in [0.1, 0.15) is 49.4 Å². The van der Waals surface area contributed by atoms with Gasteiger partial charge in [-0.15, -0.1) is 5.10 Å². The summed E-state index contributed by atoms with van der Waals surface area (Å²) in [5.41, 5.74) is 4.20. The maximum absolute atomic E-state index is 13.6. The van der Waals surface area contributed by atoms with E-state index in [-0.39, 0.29) is 17.8 Å². The highest BCUT2D eigenvalue weighted by Crippen LogP contribution is 2.46. The van der Waals surface area contributed by atoms with Crippen LogP contribution in [0.4, 0.5) is 5.95 Å². The number of ketones is 1. The summed E-state index contributed by atoms with van der Waals surface area (Å²) in [7, 11) is 0. The largest absolute Gasteiger partial charge is 0.489 e. The van der Waals surface area contributed by atoms with Crippen LogP contribution in [0.2, 0.25) is 15.1 Å². The zero-order valence-electron chi connectivity index (χ0n) is 22.5. The molecule has 10 heteroatoms. The van der Waals surface area contributed by atoms with Gasteiger partial charge in [0.05, 0.1) is 0 Å². The minimum absolute atomic E-state index is 0.111. The molecule has 0 amide bonds. The lowest BCUT2D eigenvalue weighted by atomic mass is 9.73. The predicted molar refractivity (Wildman–Crippen MR) is 165 cm³/mol. The average molecular weight is 626 g/mol. The van der Waals surface area contributed by atoms with Crippen molar-refractivity contribution in [3.63, 3.8) is 0 Å². The zero-order valence-corrected chi connectivity index (χ0v) is 25.5. The molecule has 6 rings (SSSR count). The molecule has 0 spiro atoms. The molecule has 3 aromatic carbocycles. The van der Waals surface area contributed by atoms with E-state index in [0.717, 1.165) is 34.4 Å². The van der Waals surface area contributed by atoms with Gasteiger partial charge in [-0.25, -0.2) is 4.68 Å². The van der Waals surface area contributed by atoms with Gasteiger partial charge in [0.1, 0.15) is 18.4 Å². The van der Waals surface area contributed by atoms with Crippen LogP contribution in [0.3, 0.4) is 0 Å². The molecule has 0 bridgehead atoms. The Kier molecular flexibility index (Phi) is 7.81. The smallest absolute Gasteiger partial charge is 0.227 e. The molecule has 2 aliphatic rings. The van der Waals surface area contributed by atoms with Gasteiger partial charge in [0.15, 0.2) is 5.78 Å². The molecule has 0 saturated carbocycles. The number of aromatic nitrogens is 3. The van der Waals surface area contributed by atoms with Crippen LogP contribution >= 0.6 is 46.6 Å². The molecular weight excluding hydrogens is 599 g/mol. The number of nitrogens with zero attached hydrogens (tertiary/aromatic N) is 3. The van der Waals surface area contributed by atoms with E-state index >= 15 is 0 Å². The van der Waals surface area contributed by atoms with Gasteiger partial charge >= 0.3 is 0 Å². The molecule has 41 heavy (non-hydrogen) atoms. The lowest BCUT2D eigenvalue weighted by molar-refractivity contribution is -0.118. The summed E-state index contributed by atoms with van der Waals surface area (Å²) in [5, 5.41) is 10.7. The molecule has 1 aromatic heterocycles. The van der Waals surface area contributed by atoms with Crippen molar-refractivity contribution in [3.05, 3.63) is 110 Å². The number of allylic oxidation sites excluding steroid dienone is 2. The van der Waals surface area contributed by atoms with Crippen LogP contribution in [0, 0.1) is 5.41 Å². The highest BCUT2D eigenvalue weighted by Gasteiger charge is 2.42. The summed E-state index contributed by atoms with van der Waals surface area (Å²) in [5.74, 6) is 2.01. The van der Waals surface area contributed by atoms with E-state index < -0.39 is 6.04 Å². The molecule has 1 aliphatic heterocycles. The maximum Gasteiger partial charge on any atom is 0.227 e. The fourth-order valence-corrected chi connectivity index (χ4v) is 6.87. The number of hydrogen-bond donors (Lipinski definition) is 1. The molecule has 0 saturated heterocycles. The molecule has 210 valence electrons. The highest BCUT2D eigenvalue weighted by atomic mass is 35.5. The van der Waals surface area contributed by atoms with E-state index in [1.807, 2.05) is 59.3 Å². The van der Waals surface area contributed by atoms with Gasteiger partial charge in [0.2, 0.25) is 11.1 Å². The normalized spacial score (nSPS) is 17.6. The molecular formula is C31H27Cl3N4O2S. The number of ether oxygens (including phenoxy) is 1. The second kappa shape index (κ2) is 11.4. The van der Waals surface area contributed by atoms with Crippen molar-refractivity contribution in [1.29, 1.82) is 0 Å². The Hall–Kier alpha value is -2.97. The first-order chi connectivity index (χ1) is 19.7. The van der Waals surface area contributed by atoms with Crippen molar-refractivity contribution in [3.8, 4) is 5.75 Å². The van der Waals surface area contributed by atoms with Gasteiger partial charge in [-0.3, -0.25) is 4.79 Å². The van der Waals surface area contributed by atoms with E-state index in [0.29, 0.717) is 44.1 Å². The number of fused-ring (bicyclic) bond motifs is 1.